The van der Waals surface area contributed by atoms with Crippen LogP contribution < -0.4 is 5.32 Å². The van der Waals surface area contributed by atoms with E-state index in [1.165, 1.54) is 0 Å². The summed E-state index contributed by atoms with van der Waals surface area (Å²) in [7, 11) is 0. The Kier molecular flexibility index (Phi) is 6.78. The van der Waals surface area contributed by atoms with Crippen LogP contribution in [0.1, 0.15) is 48.5 Å². The van der Waals surface area contributed by atoms with Gasteiger partial charge in [0.05, 0.1) is 17.0 Å². The van der Waals surface area contributed by atoms with Crippen molar-refractivity contribution >= 4 is 23.6 Å². The van der Waals surface area contributed by atoms with Gasteiger partial charge in [-0.1, -0.05) is 31.1 Å². The molecule has 150 valence electrons. The van der Waals surface area contributed by atoms with Gasteiger partial charge in [0, 0.05) is 36.0 Å². The molecule has 1 aromatic heterocycles. The van der Waals surface area contributed by atoms with E-state index >= 15 is 0 Å². The van der Waals surface area contributed by atoms with Crippen molar-refractivity contribution in [1.29, 1.82) is 0 Å². The Bertz CT molecular complexity index is 834. The van der Waals surface area contributed by atoms with E-state index in [1.807, 2.05) is 56.0 Å². The number of nitrogens with one attached hydrogen (secondary N) is 1. The Morgan fingerprint density at radius 1 is 1.36 bits per heavy atom. The second-order valence-electron chi connectivity index (χ2n) is 7.47. The van der Waals surface area contributed by atoms with E-state index < -0.39 is 0 Å². The molecular formula is C21H27N3O3S. The SMILES string of the molecule is Cc1cc(CSc2ccccc2C(=O)N2CCCC(NC(=O)C(C)C)C2)on1. The summed E-state index contributed by atoms with van der Waals surface area (Å²) in [4.78, 5) is 27.9. The molecule has 0 aliphatic carbocycles. The largest absolute Gasteiger partial charge is 0.360 e. The van der Waals surface area contributed by atoms with Gasteiger partial charge in [-0.05, 0) is 31.9 Å². The van der Waals surface area contributed by atoms with Crippen molar-refractivity contribution in [1.82, 2.24) is 15.4 Å². The summed E-state index contributed by atoms with van der Waals surface area (Å²) in [5.74, 6) is 1.41. The quantitative estimate of drug-likeness (QED) is 0.748. The monoisotopic (exact) mass is 401 g/mol. The lowest BCUT2D eigenvalue weighted by molar-refractivity contribution is -0.125. The number of hydrogen-bond donors (Lipinski definition) is 1. The minimum absolute atomic E-state index is 0.0142. The molecular weight excluding hydrogens is 374 g/mol. The predicted molar refractivity (Wildman–Crippen MR) is 109 cm³/mol. The van der Waals surface area contributed by atoms with E-state index in [4.69, 9.17) is 4.52 Å². The van der Waals surface area contributed by atoms with Gasteiger partial charge in [0.1, 0.15) is 5.76 Å². The highest BCUT2D eigenvalue weighted by molar-refractivity contribution is 7.98. The molecule has 28 heavy (non-hydrogen) atoms. The Morgan fingerprint density at radius 2 is 2.14 bits per heavy atom. The van der Waals surface area contributed by atoms with Crippen LogP contribution in [0, 0.1) is 12.8 Å². The van der Waals surface area contributed by atoms with Crippen LogP contribution >= 0.6 is 11.8 Å². The number of aryl methyl sites for hydroxylation is 1. The van der Waals surface area contributed by atoms with Crippen LogP contribution in [0.25, 0.3) is 0 Å². The normalized spacial score (nSPS) is 17.0. The first kappa shape index (κ1) is 20.5. The minimum atomic E-state index is -0.0528. The molecule has 1 N–H and O–H groups in total. The van der Waals surface area contributed by atoms with Crippen LogP contribution in [0.4, 0.5) is 0 Å². The van der Waals surface area contributed by atoms with Crippen LogP contribution in [0.15, 0.2) is 39.8 Å². The van der Waals surface area contributed by atoms with Crippen molar-refractivity contribution in [2.24, 2.45) is 5.92 Å². The topological polar surface area (TPSA) is 75.4 Å². The number of thioether (sulfide) groups is 1. The number of aromatic nitrogens is 1. The molecule has 0 spiro atoms. The number of hydrogen-bond acceptors (Lipinski definition) is 5. The highest BCUT2D eigenvalue weighted by atomic mass is 32.2. The molecule has 6 nitrogen and oxygen atoms in total. The molecule has 2 aromatic rings. The lowest BCUT2D eigenvalue weighted by Crippen LogP contribution is -2.50. The van der Waals surface area contributed by atoms with Gasteiger partial charge in [-0.25, -0.2) is 0 Å². The molecule has 1 aromatic carbocycles. The second kappa shape index (κ2) is 9.28. The van der Waals surface area contributed by atoms with Crippen LogP contribution in [0.3, 0.4) is 0 Å². The zero-order chi connectivity index (χ0) is 20.1. The molecule has 1 aliphatic rings. The van der Waals surface area contributed by atoms with Crippen molar-refractivity contribution in [3.05, 3.63) is 47.3 Å². The van der Waals surface area contributed by atoms with Gasteiger partial charge in [-0.2, -0.15) is 0 Å². The Morgan fingerprint density at radius 3 is 2.86 bits per heavy atom. The molecule has 0 bridgehead atoms. The maximum Gasteiger partial charge on any atom is 0.255 e. The number of amides is 2. The molecule has 1 saturated heterocycles. The average Bonchev–Trinajstić information content (AvgIpc) is 3.11. The van der Waals surface area contributed by atoms with Gasteiger partial charge < -0.3 is 14.7 Å². The lowest BCUT2D eigenvalue weighted by Gasteiger charge is -2.34. The number of rotatable bonds is 6. The molecule has 0 saturated carbocycles. The first-order valence-corrected chi connectivity index (χ1v) is 10.7. The van der Waals surface area contributed by atoms with Crippen LogP contribution in [-0.2, 0) is 10.5 Å². The van der Waals surface area contributed by atoms with Crippen molar-refractivity contribution in [2.45, 2.75) is 50.3 Å². The van der Waals surface area contributed by atoms with Gasteiger partial charge in [0.2, 0.25) is 5.91 Å². The molecule has 7 heteroatoms. The average molecular weight is 402 g/mol. The minimum Gasteiger partial charge on any atom is -0.360 e. The van der Waals surface area contributed by atoms with Gasteiger partial charge >= 0.3 is 0 Å². The zero-order valence-electron chi connectivity index (χ0n) is 16.6. The third-order valence-electron chi connectivity index (χ3n) is 4.74. The van der Waals surface area contributed by atoms with E-state index in [1.54, 1.807) is 11.8 Å². The van der Waals surface area contributed by atoms with E-state index in [2.05, 4.69) is 10.5 Å². The summed E-state index contributed by atoms with van der Waals surface area (Å²) in [5.41, 5.74) is 1.54. The number of carbonyl (C=O) groups is 2. The maximum absolute atomic E-state index is 13.2. The maximum atomic E-state index is 13.2. The van der Waals surface area contributed by atoms with Gasteiger partial charge in [-0.15, -0.1) is 11.8 Å². The number of piperidine rings is 1. The lowest BCUT2D eigenvalue weighted by atomic mass is 10.0. The second-order valence-corrected chi connectivity index (χ2v) is 8.49. The first-order chi connectivity index (χ1) is 13.4. The molecule has 1 unspecified atom stereocenters. The van der Waals surface area contributed by atoms with E-state index in [0.29, 0.717) is 24.4 Å². The first-order valence-electron chi connectivity index (χ1n) is 9.67. The number of carbonyl (C=O) groups excluding carboxylic acids is 2. The Hall–Kier alpha value is -2.28. The fraction of sp³-hybridized carbons (Fsp3) is 0.476. The number of likely N-dealkylation sites (tertiary alicyclic amines) is 1. The van der Waals surface area contributed by atoms with E-state index in [0.717, 1.165) is 29.2 Å². The summed E-state index contributed by atoms with van der Waals surface area (Å²) in [6, 6.07) is 9.58. The van der Waals surface area contributed by atoms with E-state index in [-0.39, 0.29) is 23.8 Å². The van der Waals surface area contributed by atoms with Crippen LogP contribution in [0.2, 0.25) is 0 Å². The molecule has 2 heterocycles. The molecule has 0 radical (unpaired) electrons. The molecule has 2 amide bonds. The third kappa shape index (κ3) is 5.16. The summed E-state index contributed by atoms with van der Waals surface area (Å²) in [6.07, 6.45) is 1.80. The summed E-state index contributed by atoms with van der Waals surface area (Å²) in [6.45, 7) is 6.92. The molecule has 1 aliphatic heterocycles. The van der Waals surface area contributed by atoms with Gasteiger partial charge in [-0.3, -0.25) is 9.59 Å². The molecule has 3 rings (SSSR count). The Labute approximate surface area is 170 Å². The van der Waals surface area contributed by atoms with Crippen molar-refractivity contribution in [2.75, 3.05) is 13.1 Å². The summed E-state index contributed by atoms with van der Waals surface area (Å²) < 4.78 is 5.27. The van der Waals surface area contributed by atoms with Crippen molar-refractivity contribution in [3.8, 4) is 0 Å². The van der Waals surface area contributed by atoms with Crippen molar-refractivity contribution < 1.29 is 14.1 Å². The summed E-state index contributed by atoms with van der Waals surface area (Å²) >= 11 is 1.57. The predicted octanol–water partition coefficient (Wildman–Crippen LogP) is 3.65. The number of benzene rings is 1. The van der Waals surface area contributed by atoms with Gasteiger partial charge in [0.15, 0.2) is 0 Å². The highest BCUT2D eigenvalue weighted by Gasteiger charge is 2.27. The van der Waals surface area contributed by atoms with Crippen molar-refractivity contribution in [3.63, 3.8) is 0 Å². The highest BCUT2D eigenvalue weighted by Crippen LogP contribution is 2.28. The fourth-order valence-electron chi connectivity index (χ4n) is 3.22. The smallest absolute Gasteiger partial charge is 0.255 e. The number of nitrogens with zero attached hydrogens (tertiary/aromatic N) is 2. The Balaban J connectivity index is 1.67. The summed E-state index contributed by atoms with van der Waals surface area (Å²) in [5, 5.41) is 6.97. The standard InChI is InChI=1S/C21H27N3O3S/c1-14(2)20(25)22-16-7-6-10-24(12-16)21(26)18-8-4-5-9-19(18)28-13-17-11-15(3)23-27-17/h4-5,8-9,11,14,16H,6-7,10,12-13H2,1-3H3,(H,22,25). The fourth-order valence-corrected chi connectivity index (χ4v) is 4.14. The van der Waals surface area contributed by atoms with Crippen LogP contribution in [-0.4, -0.2) is 41.0 Å². The molecule has 1 fully saturated rings. The van der Waals surface area contributed by atoms with Gasteiger partial charge in [0.25, 0.3) is 5.91 Å². The third-order valence-corrected chi connectivity index (χ3v) is 5.84. The van der Waals surface area contributed by atoms with E-state index in [9.17, 15) is 9.59 Å². The molecule has 1 atom stereocenters. The zero-order valence-corrected chi connectivity index (χ0v) is 17.4. The van der Waals surface area contributed by atoms with Crippen LogP contribution in [0.5, 0.6) is 0 Å².